The first-order chi connectivity index (χ1) is 12.5. The van der Waals surface area contributed by atoms with Crippen molar-refractivity contribution < 1.29 is 9.90 Å². The van der Waals surface area contributed by atoms with Crippen LogP contribution in [0.1, 0.15) is 28.8 Å². The molecule has 1 aromatic heterocycles. The van der Waals surface area contributed by atoms with Crippen LogP contribution in [-0.2, 0) is 0 Å². The van der Waals surface area contributed by atoms with Gasteiger partial charge in [-0.2, -0.15) is 0 Å². The Morgan fingerprint density at radius 3 is 2.73 bits per heavy atom. The normalized spacial score (nSPS) is 14.2. The number of benzene rings is 2. The summed E-state index contributed by atoms with van der Waals surface area (Å²) in [5.74, 6) is -0.243. The summed E-state index contributed by atoms with van der Waals surface area (Å²) in [5.41, 5.74) is 3.02. The number of aryl methyl sites for hydroxylation is 1. The zero-order valence-corrected chi connectivity index (χ0v) is 15.0. The van der Waals surface area contributed by atoms with Crippen LogP contribution in [0.5, 0.6) is 0 Å². The molecule has 1 heterocycles. The van der Waals surface area contributed by atoms with Crippen LogP contribution in [-0.4, -0.2) is 16.1 Å². The van der Waals surface area contributed by atoms with Gasteiger partial charge in [0, 0.05) is 21.5 Å². The molecule has 0 amide bonds. The van der Waals surface area contributed by atoms with E-state index in [4.69, 9.17) is 16.6 Å². The highest BCUT2D eigenvalue weighted by atomic mass is 35.5. The minimum atomic E-state index is -0.959. The molecule has 0 atom stereocenters. The minimum absolute atomic E-state index is 0.228. The van der Waals surface area contributed by atoms with E-state index in [2.05, 4.69) is 17.4 Å². The lowest BCUT2D eigenvalue weighted by Crippen LogP contribution is -2.05. The number of carboxylic acids is 1. The zero-order chi connectivity index (χ0) is 18.3. The third kappa shape index (κ3) is 3.04. The van der Waals surface area contributed by atoms with Gasteiger partial charge in [-0.25, -0.2) is 9.78 Å². The van der Waals surface area contributed by atoms with Crippen LogP contribution in [0, 0.1) is 6.92 Å². The average molecular weight is 365 g/mol. The Bertz CT molecular complexity index is 1120. The number of anilines is 1. The summed E-state index contributed by atoms with van der Waals surface area (Å²) >= 11 is 6.13. The Morgan fingerprint density at radius 1 is 1.15 bits per heavy atom. The monoisotopic (exact) mass is 364 g/mol. The number of halogens is 1. The molecule has 2 aromatic carbocycles. The standard InChI is InChI=1S/C21H17ClN2O2/c1-12-5-7-17-18(9-12)16-8-6-13(21(25)26)10-19(16)24-20(17)23-15-4-2-3-14(22)11-15/h3,5-11H,2,4H2,1H3,(H,23,24)(H,25,26). The summed E-state index contributed by atoms with van der Waals surface area (Å²) < 4.78 is 0. The van der Waals surface area contributed by atoms with Crippen LogP contribution < -0.4 is 5.32 Å². The molecule has 0 saturated heterocycles. The van der Waals surface area contributed by atoms with Gasteiger partial charge in [0.15, 0.2) is 0 Å². The van der Waals surface area contributed by atoms with Crippen molar-refractivity contribution in [3.63, 3.8) is 0 Å². The summed E-state index contributed by atoms with van der Waals surface area (Å²) in [6.45, 7) is 2.04. The molecule has 5 heteroatoms. The fourth-order valence-corrected chi connectivity index (χ4v) is 3.50. The van der Waals surface area contributed by atoms with Gasteiger partial charge in [0.1, 0.15) is 5.82 Å². The number of nitrogens with zero attached hydrogens (tertiary/aromatic N) is 1. The molecule has 3 aromatic rings. The highest BCUT2D eigenvalue weighted by Gasteiger charge is 2.13. The van der Waals surface area contributed by atoms with Gasteiger partial charge in [0.25, 0.3) is 0 Å². The molecule has 4 rings (SSSR count). The lowest BCUT2D eigenvalue weighted by molar-refractivity contribution is 0.0697. The molecule has 0 radical (unpaired) electrons. The number of allylic oxidation sites excluding steroid dienone is 4. The average Bonchev–Trinajstić information content (AvgIpc) is 2.61. The van der Waals surface area contributed by atoms with E-state index >= 15 is 0 Å². The molecule has 26 heavy (non-hydrogen) atoms. The molecule has 130 valence electrons. The van der Waals surface area contributed by atoms with Crippen LogP contribution in [0.15, 0.2) is 59.3 Å². The molecule has 0 unspecified atom stereocenters. The van der Waals surface area contributed by atoms with Crippen LogP contribution in [0.4, 0.5) is 5.82 Å². The SMILES string of the molecule is Cc1ccc2c(NC3=CC(Cl)=CCC3)nc3cc(C(=O)O)ccc3c2c1. The van der Waals surface area contributed by atoms with Crippen molar-refractivity contribution in [2.75, 3.05) is 5.32 Å². The van der Waals surface area contributed by atoms with Gasteiger partial charge in [-0.15, -0.1) is 0 Å². The summed E-state index contributed by atoms with van der Waals surface area (Å²) in [6, 6.07) is 11.3. The van der Waals surface area contributed by atoms with E-state index in [0.29, 0.717) is 16.4 Å². The summed E-state index contributed by atoms with van der Waals surface area (Å²) in [6.07, 6.45) is 5.63. The van der Waals surface area contributed by atoms with E-state index in [0.717, 1.165) is 40.3 Å². The number of nitrogens with one attached hydrogen (secondary N) is 1. The van der Waals surface area contributed by atoms with Crippen molar-refractivity contribution in [3.8, 4) is 0 Å². The van der Waals surface area contributed by atoms with Gasteiger partial charge >= 0.3 is 5.97 Å². The van der Waals surface area contributed by atoms with E-state index < -0.39 is 5.97 Å². The minimum Gasteiger partial charge on any atom is -0.478 e. The first-order valence-electron chi connectivity index (χ1n) is 8.42. The number of hydrogen-bond donors (Lipinski definition) is 2. The second-order valence-corrected chi connectivity index (χ2v) is 6.91. The van der Waals surface area contributed by atoms with Crippen LogP contribution >= 0.6 is 11.6 Å². The Hall–Kier alpha value is -2.85. The van der Waals surface area contributed by atoms with Crippen molar-refractivity contribution in [3.05, 3.63) is 70.4 Å². The van der Waals surface area contributed by atoms with Gasteiger partial charge < -0.3 is 10.4 Å². The second kappa shape index (κ2) is 6.46. The van der Waals surface area contributed by atoms with E-state index in [1.54, 1.807) is 12.1 Å². The highest BCUT2D eigenvalue weighted by molar-refractivity contribution is 6.31. The second-order valence-electron chi connectivity index (χ2n) is 6.47. The molecule has 0 spiro atoms. The van der Waals surface area contributed by atoms with Gasteiger partial charge in [-0.05, 0) is 43.4 Å². The molecule has 2 N–H and O–H groups in total. The molecular weight excluding hydrogens is 348 g/mol. The molecule has 0 saturated carbocycles. The van der Waals surface area contributed by atoms with Crippen molar-refractivity contribution in [2.45, 2.75) is 19.8 Å². The van der Waals surface area contributed by atoms with Crippen molar-refractivity contribution in [1.29, 1.82) is 0 Å². The third-order valence-electron chi connectivity index (χ3n) is 4.54. The fourth-order valence-electron chi connectivity index (χ4n) is 3.26. The zero-order valence-electron chi connectivity index (χ0n) is 14.2. The van der Waals surface area contributed by atoms with Gasteiger partial charge in [0.2, 0.25) is 0 Å². The van der Waals surface area contributed by atoms with Crippen molar-refractivity contribution >= 4 is 45.1 Å². The maximum atomic E-state index is 11.3. The smallest absolute Gasteiger partial charge is 0.335 e. The van der Waals surface area contributed by atoms with Gasteiger partial charge in [-0.3, -0.25) is 0 Å². The van der Waals surface area contributed by atoms with E-state index in [-0.39, 0.29) is 5.56 Å². The number of fused-ring (bicyclic) bond motifs is 3. The Morgan fingerprint density at radius 2 is 1.96 bits per heavy atom. The fraction of sp³-hybridized carbons (Fsp3) is 0.143. The molecular formula is C21H17ClN2O2. The van der Waals surface area contributed by atoms with Gasteiger partial charge in [0.05, 0.1) is 11.1 Å². The predicted molar refractivity (Wildman–Crippen MR) is 106 cm³/mol. The number of hydrogen-bond acceptors (Lipinski definition) is 3. The number of carbonyl (C=O) groups is 1. The molecule has 1 aliphatic carbocycles. The van der Waals surface area contributed by atoms with Crippen LogP contribution in [0.2, 0.25) is 0 Å². The third-order valence-corrected chi connectivity index (χ3v) is 4.80. The Labute approximate surface area is 155 Å². The first-order valence-corrected chi connectivity index (χ1v) is 8.80. The molecule has 0 fully saturated rings. The van der Waals surface area contributed by atoms with Crippen molar-refractivity contribution in [1.82, 2.24) is 4.98 Å². The van der Waals surface area contributed by atoms with Crippen LogP contribution in [0.25, 0.3) is 21.7 Å². The topological polar surface area (TPSA) is 62.2 Å². The maximum Gasteiger partial charge on any atom is 0.335 e. The first kappa shape index (κ1) is 16.6. The summed E-state index contributed by atoms with van der Waals surface area (Å²) in [7, 11) is 0. The van der Waals surface area contributed by atoms with Crippen LogP contribution in [0.3, 0.4) is 0 Å². The lowest BCUT2D eigenvalue weighted by atomic mass is 10.0. The number of pyridine rings is 1. The number of aromatic carboxylic acids is 1. The van der Waals surface area contributed by atoms with E-state index in [9.17, 15) is 9.90 Å². The van der Waals surface area contributed by atoms with Crippen molar-refractivity contribution in [2.24, 2.45) is 0 Å². The van der Waals surface area contributed by atoms with Gasteiger partial charge in [-0.1, -0.05) is 47.5 Å². The predicted octanol–water partition coefficient (Wildman–Crippen LogP) is 5.61. The largest absolute Gasteiger partial charge is 0.478 e. The summed E-state index contributed by atoms with van der Waals surface area (Å²) in [5, 5.41) is 16.4. The lowest BCUT2D eigenvalue weighted by Gasteiger charge is -2.16. The Kier molecular flexibility index (Phi) is 4.13. The molecule has 0 aliphatic heterocycles. The quantitative estimate of drug-likeness (QED) is 0.593. The highest BCUT2D eigenvalue weighted by Crippen LogP contribution is 2.32. The molecule has 0 bridgehead atoms. The molecule has 4 nitrogen and oxygen atoms in total. The molecule has 1 aliphatic rings. The summed E-state index contributed by atoms with van der Waals surface area (Å²) in [4.78, 5) is 16.0. The Balaban J connectivity index is 1.94. The number of rotatable bonds is 3. The number of carboxylic acid groups (broad SMARTS) is 1. The number of aromatic nitrogens is 1. The van der Waals surface area contributed by atoms with E-state index in [1.165, 1.54) is 0 Å². The maximum absolute atomic E-state index is 11.3. The van der Waals surface area contributed by atoms with E-state index in [1.807, 2.05) is 31.2 Å².